The molecular weight excluding hydrogens is 268 g/mol. The average Bonchev–Trinajstić information content (AvgIpc) is 2.61. The van der Waals surface area contributed by atoms with Crippen LogP contribution in [0, 0.1) is 10.1 Å². The van der Waals surface area contributed by atoms with Crippen LogP contribution in [0.3, 0.4) is 0 Å². The molecule has 0 fully saturated rings. The molecule has 5 nitrogen and oxygen atoms in total. The van der Waals surface area contributed by atoms with E-state index in [-0.39, 0.29) is 17.2 Å². The van der Waals surface area contributed by atoms with Crippen molar-refractivity contribution in [2.45, 2.75) is 0 Å². The Balaban J connectivity index is 2.33. The number of carbonyl (C=O) groups excluding carboxylic acids is 1. The van der Waals surface area contributed by atoms with E-state index in [2.05, 4.69) is 0 Å². The predicted molar refractivity (Wildman–Crippen MR) is 71.4 cm³/mol. The average molecular weight is 275 g/mol. The first kappa shape index (κ1) is 11.7. The summed E-state index contributed by atoms with van der Waals surface area (Å²) < 4.78 is 0. The van der Waals surface area contributed by atoms with Crippen molar-refractivity contribution in [3.63, 3.8) is 0 Å². The first-order chi connectivity index (χ1) is 8.99. The summed E-state index contributed by atoms with van der Waals surface area (Å²) in [5.74, 6) is -0.214. The number of hydrogen-bond acceptors (Lipinski definition) is 4. The molecule has 2 aromatic carbocycles. The highest BCUT2D eigenvalue weighted by atomic mass is 35.5. The number of hydrogen-bond donors (Lipinski definition) is 1. The van der Waals surface area contributed by atoms with E-state index in [9.17, 15) is 14.9 Å². The van der Waals surface area contributed by atoms with E-state index in [4.69, 9.17) is 17.3 Å². The summed E-state index contributed by atoms with van der Waals surface area (Å²) in [6.45, 7) is 0. The summed E-state index contributed by atoms with van der Waals surface area (Å²) in [5, 5.41) is 11.3. The van der Waals surface area contributed by atoms with E-state index in [1.807, 2.05) is 0 Å². The number of benzene rings is 2. The second-order valence-corrected chi connectivity index (χ2v) is 4.67. The highest BCUT2D eigenvalue weighted by Gasteiger charge is 2.30. The van der Waals surface area contributed by atoms with Crippen LogP contribution in [0.1, 0.15) is 15.9 Å². The molecule has 0 heterocycles. The van der Waals surface area contributed by atoms with Gasteiger partial charge in [0.15, 0.2) is 5.78 Å². The molecule has 19 heavy (non-hydrogen) atoms. The summed E-state index contributed by atoms with van der Waals surface area (Å²) in [7, 11) is 0. The van der Waals surface area contributed by atoms with Gasteiger partial charge in [-0.15, -0.1) is 0 Å². The second-order valence-electron chi connectivity index (χ2n) is 4.23. The zero-order chi connectivity index (χ0) is 13.7. The van der Waals surface area contributed by atoms with Crippen molar-refractivity contribution in [2.75, 3.05) is 5.73 Å². The number of nitro groups is 1. The van der Waals surface area contributed by atoms with Crippen LogP contribution in [0.25, 0.3) is 11.1 Å². The van der Waals surface area contributed by atoms with Gasteiger partial charge in [-0.1, -0.05) is 17.7 Å². The Morgan fingerprint density at radius 2 is 1.74 bits per heavy atom. The van der Waals surface area contributed by atoms with Crippen LogP contribution in [-0.4, -0.2) is 10.7 Å². The standard InChI is InChI=1S/C13H7ClN2O3/c14-6-1-2-7-8-5-12(16(18)19)11(15)4-10(8)13(17)9(7)3-6/h1-5H,15H2. The van der Waals surface area contributed by atoms with Gasteiger partial charge < -0.3 is 5.73 Å². The summed E-state index contributed by atoms with van der Waals surface area (Å²) in [4.78, 5) is 22.5. The van der Waals surface area contributed by atoms with Crippen LogP contribution in [0.2, 0.25) is 5.02 Å². The molecule has 0 unspecified atom stereocenters. The molecule has 0 amide bonds. The van der Waals surface area contributed by atoms with Crippen molar-refractivity contribution in [3.05, 3.63) is 56.6 Å². The Kier molecular flexibility index (Phi) is 2.33. The van der Waals surface area contributed by atoms with Gasteiger partial charge in [-0.2, -0.15) is 0 Å². The van der Waals surface area contributed by atoms with Gasteiger partial charge in [0.1, 0.15) is 5.69 Å². The summed E-state index contributed by atoms with van der Waals surface area (Å²) in [5.41, 5.74) is 7.38. The van der Waals surface area contributed by atoms with Gasteiger partial charge in [-0.3, -0.25) is 14.9 Å². The first-order valence-electron chi connectivity index (χ1n) is 5.41. The van der Waals surface area contributed by atoms with E-state index in [0.29, 0.717) is 27.3 Å². The van der Waals surface area contributed by atoms with Crippen LogP contribution >= 0.6 is 11.6 Å². The normalized spacial score (nSPS) is 12.2. The number of ketones is 1. The lowest BCUT2D eigenvalue weighted by Crippen LogP contribution is -2.00. The third-order valence-corrected chi connectivity index (χ3v) is 3.36. The minimum absolute atomic E-state index is 0.0176. The Morgan fingerprint density at radius 3 is 2.42 bits per heavy atom. The van der Waals surface area contributed by atoms with Crippen molar-refractivity contribution in [1.82, 2.24) is 0 Å². The smallest absolute Gasteiger partial charge is 0.292 e. The van der Waals surface area contributed by atoms with Crippen molar-refractivity contribution < 1.29 is 9.72 Å². The molecule has 0 saturated heterocycles. The van der Waals surface area contributed by atoms with E-state index in [1.54, 1.807) is 18.2 Å². The molecule has 2 N–H and O–H groups in total. The molecule has 3 rings (SSSR count). The van der Waals surface area contributed by atoms with Gasteiger partial charge in [-0.25, -0.2) is 0 Å². The zero-order valence-electron chi connectivity index (χ0n) is 9.51. The van der Waals surface area contributed by atoms with Crippen molar-refractivity contribution >= 4 is 28.8 Å². The minimum Gasteiger partial charge on any atom is -0.393 e. The monoisotopic (exact) mass is 274 g/mol. The maximum absolute atomic E-state index is 12.2. The lowest BCUT2D eigenvalue weighted by atomic mass is 10.0. The fourth-order valence-corrected chi connectivity index (χ4v) is 2.43. The van der Waals surface area contributed by atoms with Crippen LogP contribution < -0.4 is 5.73 Å². The van der Waals surface area contributed by atoms with Crippen molar-refractivity contribution in [3.8, 4) is 11.1 Å². The molecule has 1 aliphatic carbocycles. The lowest BCUT2D eigenvalue weighted by molar-refractivity contribution is -0.383. The quantitative estimate of drug-likeness (QED) is 0.420. The molecule has 6 heteroatoms. The van der Waals surface area contributed by atoms with Crippen LogP contribution in [0.15, 0.2) is 30.3 Å². The number of rotatable bonds is 1. The molecule has 2 aromatic rings. The molecule has 94 valence electrons. The summed E-state index contributed by atoms with van der Waals surface area (Å²) in [6, 6.07) is 7.57. The first-order valence-corrected chi connectivity index (χ1v) is 5.79. The third kappa shape index (κ3) is 1.59. The van der Waals surface area contributed by atoms with Gasteiger partial charge >= 0.3 is 0 Å². The lowest BCUT2D eigenvalue weighted by Gasteiger charge is -2.02. The largest absolute Gasteiger partial charge is 0.393 e. The van der Waals surface area contributed by atoms with Crippen LogP contribution in [0.4, 0.5) is 11.4 Å². The number of carbonyl (C=O) groups is 1. The number of fused-ring (bicyclic) bond motifs is 3. The number of nitrogens with two attached hydrogens (primary N) is 1. The summed E-state index contributed by atoms with van der Waals surface area (Å²) >= 11 is 5.86. The third-order valence-electron chi connectivity index (χ3n) is 3.12. The number of nitro benzene ring substituents is 1. The predicted octanol–water partition coefficient (Wildman–Crippen LogP) is 3.04. The highest BCUT2D eigenvalue weighted by Crippen LogP contribution is 2.41. The fourth-order valence-electron chi connectivity index (χ4n) is 2.26. The molecule has 0 bridgehead atoms. The van der Waals surface area contributed by atoms with E-state index >= 15 is 0 Å². The van der Waals surface area contributed by atoms with E-state index in [0.717, 1.165) is 0 Å². The molecule has 0 radical (unpaired) electrons. The molecule has 0 spiro atoms. The number of nitrogens with zero attached hydrogens (tertiary/aromatic N) is 1. The van der Waals surface area contributed by atoms with Gasteiger partial charge in [0, 0.05) is 27.8 Å². The highest BCUT2D eigenvalue weighted by molar-refractivity contribution is 6.32. The Labute approximate surface area is 112 Å². The van der Waals surface area contributed by atoms with E-state index in [1.165, 1.54) is 12.1 Å². The van der Waals surface area contributed by atoms with Crippen molar-refractivity contribution in [2.24, 2.45) is 0 Å². The van der Waals surface area contributed by atoms with Crippen LogP contribution in [0.5, 0.6) is 0 Å². The van der Waals surface area contributed by atoms with Gasteiger partial charge in [0.2, 0.25) is 0 Å². The Hall–Kier alpha value is -2.40. The molecule has 0 aromatic heterocycles. The zero-order valence-corrected chi connectivity index (χ0v) is 10.3. The van der Waals surface area contributed by atoms with Crippen LogP contribution in [-0.2, 0) is 0 Å². The van der Waals surface area contributed by atoms with Gasteiger partial charge in [0.25, 0.3) is 5.69 Å². The van der Waals surface area contributed by atoms with Gasteiger partial charge in [0.05, 0.1) is 4.92 Å². The molecule has 0 aliphatic heterocycles. The maximum atomic E-state index is 12.2. The summed E-state index contributed by atoms with van der Waals surface area (Å²) in [6.07, 6.45) is 0. The minimum atomic E-state index is -0.562. The molecular formula is C13H7ClN2O3. The Morgan fingerprint density at radius 1 is 1.05 bits per heavy atom. The van der Waals surface area contributed by atoms with Gasteiger partial charge in [-0.05, 0) is 23.8 Å². The number of nitrogen functional groups attached to an aromatic ring is 1. The second kappa shape index (κ2) is 3.80. The maximum Gasteiger partial charge on any atom is 0.292 e. The van der Waals surface area contributed by atoms with Crippen molar-refractivity contribution in [1.29, 1.82) is 0 Å². The SMILES string of the molecule is Nc1cc2c(cc1[N+](=O)[O-])-c1ccc(Cl)cc1C2=O. The van der Waals surface area contributed by atoms with E-state index < -0.39 is 4.92 Å². The molecule has 1 aliphatic rings. The molecule has 0 saturated carbocycles. The number of anilines is 1. The Bertz CT molecular complexity index is 756. The number of halogens is 1. The molecule has 0 atom stereocenters. The fraction of sp³-hybridized carbons (Fsp3) is 0. The topological polar surface area (TPSA) is 86.2 Å².